The number of carbonyl (C=O) groups excluding carboxylic acids is 1. The van der Waals surface area contributed by atoms with Crippen LogP contribution in [0.3, 0.4) is 0 Å². The van der Waals surface area contributed by atoms with E-state index in [0.29, 0.717) is 17.9 Å². The van der Waals surface area contributed by atoms with Gasteiger partial charge in [-0.2, -0.15) is 5.21 Å². The molecule has 8 heteroatoms. The lowest BCUT2D eigenvalue weighted by molar-refractivity contribution is -0.115. The number of rotatable bonds is 5. The first-order chi connectivity index (χ1) is 11.6. The molecule has 1 heterocycles. The van der Waals surface area contributed by atoms with Crippen molar-refractivity contribution in [2.45, 2.75) is 12.8 Å². The Morgan fingerprint density at radius 2 is 1.92 bits per heavy atom. The second-order valence-electron chi connectivity index (χ2n) is 5.14. The summed E-state index contributed by atoms with van der Waals surface area (Å²) in [5.74, 6) is -1.83. The summed E-state index contributed by atoms with van der Waals surface area (Å²) >= 11 is 0. The van der Waals surface area contributed by atoms with Gasteiger partial charge < -0.3 is 5.32 Å². The molecule has 3 rings (SSSR count). The van der Waals surface area contributed by atoms with Gasteiger partial charge in [0.1, 0.15) is 0 Å². The fourth-order valence-corrected chi connectivity index (χ4v) is 2.21. The van der Waals surface area contributed by atoms with E-state index in [1.165, 1.54) is 12.1 Å². The molecule has 0 spiro atoms. The molecule has 0 bridgehead atoms. The molecule has 0 fully saturated rings. The SMILES string of the molecule is O=C(Cc1cccc(F)c1F)Nc1ccc(Cc2nn[nH]n2)cc1. The molecule has 0 saturated heterocycles. The molecule has 1 amide bonds. The van der Waals surface area contributed by atoms with Crippen LogP contribution >= 0.6 is 0 Å². The maximum absolute atomic E-state index is 13.6. The Balaban J connectivity index is 1.61. The highest BCUT2D eigenvalue weighted by molar-refractivity contribution is 5.92. The van der Waals surface area contributed by atoms with Crippen LogP contribution in [0.5, 0.6) is 0 Å². The monoisotopic (exact) mass is 329 g/mol. The Morgan fingerprint density at radius 3 is 2.62 bits per heavy atom. The number of halogens is 2. The van der Waals surface area contributed by atoms with Crippen molar-refractivity contribution in [3.05, 3.63) is 71.1 Å². The Labute approximate surface area is 135 Å². The number of nitrogens with zero attached hydrogens (tertiary/aromatic N) is 3. The van der Waals surface area contributed by atoms with Crippen molar-refractivity contribution < 1.29 is 13.6 Å². The molecule has 6 nitrogen and oxygen atoms in total. The van der Waals surface area contributed by atoms with Crippen LogP contribution < -0.4 is 5.32 Å². The standard InChI is InChI=1S/C16H13F2N5O/c17-13-3-1-2-11(16(13)18)9-15(24)19-12-6-4-10(5-7-12)8-14-20-22-23-21-14/h1-7H,8-9H2,(H,19,24)(H,20,21,22,23). The van der Waals surface area contributed by atoms with E-state index in [0.717, 1.165) is 11.6 Å². The van der Waals surface area contributed by atoms with Crippen LogP contribution in [-0.2, 0) is 17.6 Å². The van der Waals surface area contributed by atoms with Crippen molar-refractivity contribution in [2.24, 2.45) is 0 Å². The highest BCUT2D eigenvalue weighted by Gasteiger charge is 2.12. The zero-order valence-electron chi connectivity index (χ0n) is 12.5. The Hall–Kier alpha value is -3.16. The number of hydrogen-bond acceptors (Lipinski definition) is 4. The largest absolute Gasteiger partial charge is 0.326 e. The van der Waals surface area contributed by atoms with Crippen LogP contribution in [0.2, 0.25) is 0 Å². The summed E-state index contributed by atoms with van der Waals surface area (Å²) in [6.45, 7) is 0. The van der Waals surface area contributed by atoms with Crippen molar-refractivity contribution >= 4 is 11.6 Å². The van der Waals surface area contributed by atoms with Gasteiger partial charge in [0.25, 0.3) is 0 Å². The smallest absolute Gasteiger partial charge is 0.228 e. The fourth-order valence-electron chi connectivity index (χ4n) is 2.21. The lowest BCUT2D eigenvalue weighted by Gasteiger charge is -2.07. The lowest BCUT2D eigenvalue weighted by atomic mass is 10.1. The topological polar surface area (TPSA) is 83.6 Å². The first-order valence-corrected chi connectivity index (χ1v) is 7.16. The summed E-state index contributed by atoms with van der Waals surface area (Å²) in [5.41, 5.74) is 1.53. The molecule has 0 unspecified atom stereocenters. The number of hydrogen-bond donors (Lipinski definition) is 2. The quantitative estimate of drug-likeness (QED) is 0.752. The predicted molar refractivity (Wildman–Crippen MR) is 82.1 cm³/mol. The molecule has 2 aromatic carbocycles. The molecule has 0 aliphatic rings. The summed E-state index contributed by atoms with van der Waals surface area (Å²) in [7, 11) is 0. The Bertz CT molecular complexity index is 834. The zero-order chi connectivity index (χ0) is 16.9. The number of carbonyl (C=O) groups is 1. The minimum atomic E-state index is -0.997. The zero-order valence-corrected chi connectivity index (χ0v) is 12.5. The van der Waals surface area contributed by atoms with E-state index in [1.807, 2.05) is 12.1 Å². The summed E-state index contributed by atoms with van der Waals surface area (Å²) < 4.78 is 26.7. The third kappa shape index (κ3) is 3.78. The number of nitrogens with one attached hydrogen (secondary N) is 2. The normalized spacial score (nSPS) is 10.6. The van der Waals surface area contributed by atoms with Gasteiger partial charge in [-0.15, -0.1) is 10.2 Å². The van der Waals surface area contributed by atoms with Crippen molar-refractivity contribution in [1.82, 2.24) is 20.6 Å². The van der Waals surface area contributed by atoms with Crippen LogP contribution in [0.1, 0.15) is 17.0 Å². The molecule has 0 aliphatic carbocycles. The van der Waals surface area contributed by atoms with E-state index in [-0.39, 0.29) is 12.0 Å². The molecular weight excluding hydrogens is 316 g/mol. The highest BCUT2D eigenvalue weighted by atomic mass is 19.2. The van der Waals surface area contributed by atoms with Gasteiger partial charge in [-0.3, -0.25) is 4.79 Å². The minimum absolute atomic E-state index is 0.0150. The van der Waals surface area contributed by atoms with Crippen LogP contribution in [0.15, 0.2) is 42.5 Å². The molecule has 0 atom stereocenters. The van der Waals surface area contributed by atoms with Gasteiger partial charge in [-0.25, -0.2) is 8.78 Å². The second kappa shape index (κ2) is 6.95. The van der Waals surface area contributed by atoms with Gasteiger partial charge in [0, 0.05) is 17.7 Å². The molecule has 1 aromatic heterocycles. The first kappa shape index (κ1) is 15.7. The maximum atomic E-state index is 13.6. The third-order valence-corrected chi connectivity index (χ3v) is 3.37. The van der Waals surface area contributed by atoms with E-state index >= 15 is 0 Å². The number of H-pyrrole nitrogens is 1. The molecule has 0 radical (unpaired) electrons. The maximum Gasteiger partial charge on any atom is 0.228 e. The Morgan fingerprint density at radius 1 is 1.12 bits per heavy atom. The molecule has 0 saturated carbocycles. The minimum Gasteiger partial charge on any atom is -0.326 e. The molecule has 0 aliphatic heterocycles. The van der Waals surface area contributed by atoms with E-state index in [2.05, 4.69) is 25.9 Å². The summed E-state index contributed by atoms with van der Waals surface area (Å²) in [6, 6.07) is 10.8. The van der Waals surface area contributed by atoms with Gasteiger partial charge >= 0.3 is 0 Å². The lowest BCUT2D eigenvalue weighted by Crippen LogP contribution is -2.15. The van der Waals surface area contributed by atoms with Crippen LogP contribution in [0, 0.1) is 11.6 Å². The first-order valence-electron chi connectivity index (χ1n) is 7.16. The van der Waals surface area contributed by atoms with Gasteiger partial charge in [0.05, 0.1) is 6.42 Å². The second-order valence-corrected chi connectivity index (χ2v) is 5.14. The molecule has 122 valence electrons. The van der Waals surface area contributed by atoms with Crippen molar-refractivity contribution in [1.29, 1.82) is 0 Å². The summed E-state index contributed by atoms with van der Waals surface area (Å²) in [5, 5.41) is 16.2. The average molecular weight is 329 g/mol. The number of aromatic nitrogens is 4. The van der Waals surface area contributed by atoms with E-state index in [1.54, 1.807) is 12.1 Å². The number of aromatic amines is 1. The third-order valence-electron chi connectivity index (χ3n) is 3.37. The fraction of sp³-hybridized carbons (Fsp3) is 0.125. The average Bonchev–Trinajstić information content (AvgIpc) is 3.07. The van der Waals surface area contributed by atoms with E-state index in [9.17, 15) is 13.6 Å². The van der Waals surface area contributed by atoms with Crippen LogP contribution in [0.25, 0.3) is 0 Å². The van der Waals surface area contributed by atoms with Crippen molar-refractivity contribution in [2.75, 3.05) is 5.32 Å². The summed E-state index contributed by atoms with van der Waals surface area (Å²) in [4.78, 5) is 12.0. The molecule has 24 heavy (non-hydrogen) atoms. The number of benzene rings is 2. The van der Waals surface area contributed by atoms with Crippen molar-refractivity contribution in [3.63, 3.8) is 0 Å². The predicted octanol–water partition coefficient (Wildman–Crippen LogP) is 2.25. The van der Waals surface area contributed by atoms with E-state index in [4.69, 9.17) is 0 Å². The van der Waals surface area contributed by atoms with Gasteiger partial charge in [-0.05, 0) is 23.8 Å². The summed E-state index contributed by atoms with van der Waals surface area (Å²) in [6.07, 6.45) is 0.271. The Kier molecular flexibility index (Phi) is 4.55. The van der Waals surface area contributed by atoms with E-state index < -0.39 is 17.5 Å². The highest BCUT2D eigenvalue weighted by Crippen LogP contribution is 2.15. The number of amides is 1. The van der Waals surface area contributed by atoms with Crippen LogP contribution in [0.4, 0.5) is 14.5 Å². The number of tetrazole rings is 1. The van der Waals surface area contributed by atoms with Gasteiger partial charge in [0.2, 0.25) is 5.91 Å². The molecule has 3 aromatic rings. The molecular formula is C16H13F2N5O. The van der Waals surface area contributed by atoms with Gasteiger partial charge in [0.15, 0.2) is 17.5 Å². The number of anilines is 1. The molecule has 2 N–H and O–H groups in total. The van der Waals surface area contributed by atoms with Crippen molar-refractivity contribution in [3.8, 4) is 0 Å². The van der Waals surface area contributed by atoms with Gasteiger partial charge in [-0.1, -0.05) is 29.5 Å². The van der Waals surface area contributed by atoms with Crippen LogP contribution in [-0.4, -0.2) is 26.5 Å².